The van der Waals surface area contributed by atoms with Crippen LogP contribution in [0.1, 0.15) is 32.5 Å². The van der Waals surface area contributed by atoms with E-state index in [0.717, 1.165) is 6.54 Å². The highest BCUT2D eigenvalue weighted by Crippen LogP contribution is 2.26. The van der Waals surface area contributed by atoms with Gasteiger partial charge in [0.25, 0.3) is 0 Å². The molecule has 12 heavy (non-hydrogen) atoms. The van der Waals surface area contributed by atoms with Gasteiger partial charge in [0.2, 0.25) is 0 Å². The molecule has 1 aromatic rings. The molecule has 0 aliphatic carbocycles. The summed E-state index contributed by atoms with van der Waals surface area (Å²) >= 11 is 0. The molecule has 0 N–H and O–H groups in total. The van der Waals surface area contributed by atoms with Gasteiger partial charge in [0.1, 0.15) is 5.82 Å². The second-order valence-electron chi connectivity index (χ2n) is 3.53. The van der Waals surface area contributed by atoms with Crippen molar-refractivity contribution in [3.8, 4) is 0 Å². The summed E-state index contributed by atoms with van der Waals surface area (Å²) < 4.78 is 2.24. The van der Waals surface area contributed by atoms with Crippen LogP contribution in [0.15, 0.2) is 18.0 Å². The van der Waals surface area contributed by atoms with Crippen molar-refractivity contribution in [2.24, 2.45) is 0 Å². The van der Waals surface area contributed by atoms with Crippen LogP contribution in [0.4, 0.5) is 0 Å². The third-order valence-corrected chi connectivity index (χ3v) is 2.41. The summed E-state index contributed by atoms with van der Waals surface area (Å²) in [4.78, 5) is 4.36. The van der Waals surface area contributed by atoms with Crippen molar-refractivity contribution in [2.45, 2.75) is 33.2 Å². The first-order valence-corrected chi connectivity index (χ1v) is 4.47. The maximum atomic E-state index is 4.36. The summed E-state index contributed by atoms with van der Waals surface area (Å²) in [5, 5.41) is 0. The van der Waals surface area contributed by atoms with Crippen molar-refractivity contribution < 1.29 is 0 Å². The zero-order chi connectivity index (χ0) is 8.55. The van der Waals surface area contributed by atoms with Gasteiger partial charge in [0.05, 0.1) is 0 Å². The minimum Gasteiger partial charge on any atom is -0.331 e. The van der Waals surface area contributed by atoms with Crippen molar-refractivity contribution in [1.82, 2.24) is 9.55 Å². The molecular weight excluding hydrogens is 148 g/mol. The minimum absolute atomic E-state index is 1.13. The topological polar surface area (TPSA) is 17.8 Å². The van der Waals surface area contributed by atoms with Gasteiger partial charge in [-0.2, -0.15) is 0 Å². The van der Waals surface area contributed by atoms with Gasteiger partial charge in [0.15, 0.2) is 0 Å². The summed E-state index contributed by atoms with van der Waals surface area (Å²) in [6.07, 6.45) is 6.41. The van der Waals surface area contributed by atoms with E-state index < -0.39 is 0 Å². The number of allylic oxidation sites excluding steroid dienone is 2. The Kier molecular flexibility index (Phi) is 1.75. The Morgan fingerprint density at radius 1 is 1.50 bits per heavy atom. The molecule has 2 heterocycles. The molecule has 1 aromatic heterocycles. The van der Waals surface area contributed by atoms with E-state index in [2.05, 4.69) is 29.6 Å². The van der Waals surface area contributed by atoms with Crippen molar-refractivity contribution in [1.29, 1.82) is 0 Å². The molecule has 2 heteroatoms. The van der Waals surface area contributed by atoms with Gasteiger partial charge < -0.3 is 4.57 Å². The molecule has 0 spiro atoms. The van der Waals surface area contributed by atoms with Gasteiger partial charge in [-0.15, -0.1) is 0 Å². The molecular formula is C10H14N2. The number of imidazole rings is 1. The normalized spacial score (nSPS) is 16.0. The Morgan fingerprint density at radius 3 is 3.08 bits per heavy atom. The smallest absolute Gasteiger partial charge is 0.135 e. The molecule has 0 aromatic carbocycles. The lowest BCUT2D eigenvalue weighted by Gasteiger charge is -2.17. The molecule has 1 aliphatic rings. The highest BCUT2D eigenvalue weighted by atomic mass is 15.1. The first kappa shape index (κ1) is 7.59. The monoisotopic (exact) mass is 162 g/mol. The molecule has 0 saturated heterocycles. The summed E-state index contributed by atoms with van der Waals surface area (Å²) in [5.41, 5.74) is 2.84. The second-order valence-corrected chi connectivity index (χ2v) is 3.53. The molecule has 64 valence electrons. The lowest BCUT2D eigenvalue weighted by atomic mass is 10.0. The van der Waals surface area contributed by atoms with Gasteiger partial charge >= 0.3 is 0 Å². The number of hydrogen-bond acceptors (Lipinski definition) is 1. The maximum Gasteiger partial charge on any atom is 0.135 e. The SMILES string of the molecule is CC(C)=C1CCCn2ccnc21. The third kappa shape index (κ3) is 1.07. The third-order valence-electron chi connectivity index (χ3n) is 2.41. The number of rotatable bonds is 0. The van der Waals surface area contributed by atoms with E-state index in [-0.39, 0.29) is 0 Å². The largest absolute Gasteiger partial charge is 0.331 e. The summed E-state index contributed by atoms with van der Waals surface area (Å²) in [7, 11) is 0. The molecule has 0 bridgehead atoms. The molecule has 2 rings (SSSR count). The Morgan fingerprint density at radius 2 is 2.33 bits per heavy atom. The van der Waals surface area contributed by atoms with Crippen molar-refractivity contribution in [3.63, 3.8) is 0 Å². The molecule has 0 fully saturated rings. The average Bonchev–Trinajstić information content (AvgIpc) is 2.49. The van der Waals surface area contributed by atoms with Gasteiger partial charge in [0, 0.05) is 18.9 Å². The van der Waals surface area contributed by atoms with E-state index in [0.29, 0.717) is 0 Å². The van der Waals surface area contributed by atoms with E-state index in [1.165, 1.54) is 29.8 Å². The minimum atomic E-state index is 1.13. The van der Waals surface area contributed by atoms with E-state index in [1.54, 1.807) is 0 Å². The average molecular weight is 162 g/mol. The Hall–Kier alpha value is -1.05. The molecule has 0 radical (unpaired) electrons. The van der Waals surface area contributed by atoms with Crippen LogP contribution in [0.25, 0.3) is 5.57 Å². The zero-order valence-corrected chi connectivity index (χ0v) is 7.67. The van der Waals surface area contributed by atoms with Crippen LogP contribution < -0.4 is 0 Å². The summed E-state index contributed by atoms with van der Waals surface area (Å²) in [6.45, 7) is 5.46. The molecule has 2 nitrogen and oxygen atoms in total. The van der Waals surface area contributed by atoms with Gasteiger partial charge in [-0.05, 0) is 32.3 Å². The van der Waals surface area contributed by atoms with E-state index in [9.17, 15) is 0 Å². The highest BCUT2D eigenvalue weighted by Gasteiger charge is 2.14. The first-order valence-electron chi connectivity index (χ1n) is 4.47. The van der Waals surface area contributed by atoms with E-state index >= 15 is 0 Å². The summed E-state index contributed by atoms with van der Waals surface area (Å²) in [5.74, 6) is 1.18. The highest BCUT2D eigenvalue weighted by molar-refractivity contribution is 5.63. The van der Waals surface area contributed by atoms with Crippen LogP contribution >= 0.6 is 0 Å². The quantitative estimate of drug-likeness (QED) is 0.573. The van der Waals surface area contributed by atoms with Crippen LogP contribution in [-0.2, 0) is 6.54 Å². The Balaban J connectivity index is 2.52. The Bertz CT molecular complexity index is 316. The maximum absolute atomic E-state index is 4.36. The fourth-order valence-corrected chi connectivity index (χ4v) is 1.77. The van der Waals surface area contributed by atoms with Crippen molar-refractivity contribution >= 4 is 5.57 Å². The molecule has 0 unspecified atom stereocenters. The number of fused-ring (bicyclic) bond motifs is 1. The van der Waals surface area contributed by atoms with Gasteiger partial charge in [-0.1, -0.05) is 5.57 Å². The van der Waals surface area contributed by atoms with Crippen molar-refractivity contribution in [3.05, 3.63) is 23.8 Å². The first-order chi connectivity index (χ1) is 5.79. The molecule has 0 saturated carbocycles. The number of hydrogen-bond donors (Lipinski definition) is 0. The number of nitrogens with zero attached hydrogens (tertiary/aromatic N) is 2. The molecule has 0 amide bonds. The van der Waals surface area contributed by atoms with E-state index in [1.807, 2.05) is 6.20 Å². The van der Waals surface area contributed by atoms with Crippen LogP contribution in [0.5, 0.6) is 0 Å². The fraction of sp³-hybridized carbons (Fsp3) is 0.500. The lowest BCUT2D eigenvalue weighted by molar-refractivity contribution is 0.611. The molecule has 1 aliphatic heterocycles. The fourth-order valence-electron chi connectivity index (χ4n) is 1.77. The predicted octanol–water partition coefficient (Wildman–Crippen LogP) is 2.47. The standard InChI is InChI=1S/C10H14N2/c1-8(2)9-4-3-6-12-7-5-11-10(9)12/h5,7H,3-4,6H2,1-2H3. The summed E-state index contributed by atoms with van der Waals surface area (Å²) in [6, 6.07) is 0. The van der Waals surface area contributed by atoms with Crippen LogP contribution in [0, 0.1) is 0 Å². The van der Waals surface area contributed by atoms with Crippen LogP contribution in [0.3, 0.4) is 0 Å². The number of aromatic nitrogens is 2. The zero-order valence-electron chi connectivity index (χ0n) is 7.67. The van der Waals surface area contributed by atoms with Gasteiger partial charge in [-0.3, -0.25) is 0 Å². The van der Waals surface area contributed by atoms with Crippen LogP contribution in [0.2, 0.25) is 0 Å². The second kappa shape index (κ2) is 2.77. The van der Waals surface area contributed by atoms with Gasteiger partial charge in [-0.25, -0.2) is 4.98 Å². The van der Waals surface area contributed by atoms with E-state index in [4.69, 9.17) is 0 Å². The predicted molar refractivity (Wildman–Crippen MR) is 49.7 cm³/mol. The van der Waals surface area contributed by atoms with Crippen LogP contribution in [-0.4, -0.2) is 9.55 Å². The number of aryl methyl sites for hydroxylation is 1. The molecule has 0 atom stereocenters. The lowest BCUT2D eigenvalue weighted by Crippen LogP contribution is -2.09. The Labute approximate surface area is 72.9 Å². The van der Waals surface area contributed by atoms with Crippen molar-refractivity contribution in [2.75, 3.05) is 0 Å².